The van der Waals surface area contributed by atoms with Crippen LogP contribution in [0.2, 0.25) is 0 Å². The van der Waals surface area contributed by atoms with Crippen LogP contribution in [0.1, 0.15) is 11.4 Å². The van der Waals surface area contributed by atoms with Crippen molar-refractivity contribution >= 4 is 35.6 Å². The van der Waals surface area contributed by atoms with Gasteiger partial charge in [-0.2, -0.15) is 0 Å². The van der Waals surface area contributed by atoms with Gasteiger partial charge in [0.25, 0.3) is 0 Å². The number of hydrogen-bond donors (Lipinski definition) is 1. The zero-order chi connectivity index (χ0) is 19.9. The van der Waals surface area contributed by atoms with E-state index in [9.17, 15) is 0 Å². The Hall–Kier alpha value is -2.49. The number of methoxy groups -OCH3 is 1. The van der Waals surface area contributed by atoms with Crippen LogP contribution in [0.5, 0.6) is 11.5 Å². The predicted molar refractivity (Wildman–Crippen MR) is 127 cm³/mol. The Bertz CT molecular complexity index is 940. The quantitative estimate of drug-likeness (QED) is 0.301. The van der Waals surface area contributed by atoms with Gasteiger partial charge in [-0.3, -0.25) is 4.99 Å². The maximum absolute atomic E-state index is 5.79. The van der Waals surface area contributed by atoms with Crippen LogP contribution < -0.4 is 14.8 Å². The molecule has 1 aromatic carbocycles. The number of pyridine rings is 1. The molecular weight excluding hydrogens is 481 g/mol. The second-order valence-electron chi connectivity index (χ2n) is 6.47. The Morgan fingerprint density at radius 2 is 1.90 bits per heavy atom. The molecule has 2 aromatic heterocycles. The molecule has 0 unspecified atom stereocenters. The number of halogens is 1. The van der Waals surface area contributed by atoms with Gasteiger partial charge in [-0.15, -0.1) is 24.0 Å². The van der Waals surface area contributed by atoms with Crippen molar-refractivity contribution in [1.29, 1.82) is 0 Å². The van der Waals surface area contributed by atoms with E-state index >= 15 is 0 Å². The number of aromatic nitrogens is 2. The highest BCUT2D eigenvalue weighted by Crippen LogP contribution is 2.16. The molecule has 7 nitrogen and oxygen atoms in total. The van der Waals surface area contributed by atoms with E-state index in [-0.39, 0.29) is 24.0 Å². The Morgan fingerprint density at radius 1 is 1.17 bits per heavy atom. The number of likely N-dealkylation sites (N-methyl/N-ethyl adjacent to an activating group) is 1. The number of nitrogens with one attached hydrogen (secondary N) is 1. The third-order valence-electron chi connectivity index (χ3n) is 4.50. The molecule has 0 fully saturated rings. The number of benzene rings is 1. The van der Waals surface area contributed by atoms with Crippen molar-refractivity contribution in [1.82, 2.24) is 19.6 Å². The highest BCUT2D eigenvalue weighted by Gasteiger charge is 2.08. The molecule has 1 N–H and O–H groups in total. The van der Waals surface area contributed by atoms with Gasteiger partial charge in [0.15, 0.2) is 5.96 Å². The molecule has 0 saturated carbocycles. The summed E-state index contributed by atoms with van der Waals surface area (Å²) in [4.78, 5) is 11.0. The average molecular weight is 509 g/mol. The fourth-order valence-corrected chi connectivity index (χ4v) is 2.92. The molecule has 0 amide bonds. The van der Waals surface area contributed by atoms with Crippen molar-refractivity contribution in [2.45, 2.75) is 13.5 Å². The van der Waals surface area contributed by atoms with Crippen molar-refractivity contribution in [3.63, 3.8) is 0 Å². The molecular formula is C21H28IN5O2. The maximum Gasteiger partial charge on any atom is 0.193 e. The van der Waals surface area contributed by atoms with Crippen molar-refractivity contribution in [2.24, 2.45) is 4.99 Å². The first-order valence-electron chi connectivity index (χ1n) is 9.23. The van der Waals surface area contributed by atoms with E-state index in [1.807, 2.05) is 48.3 Å². The third kappa shape index (κ3) is 5.99. The van der Waals surface area contributed by atoms with E-state index < -0.39 is 0 Å². The fraction of sp³-hybridized carbons (Fsp3) is 0.333. The Balaban J connectivity index is 0.00000300. The molecule has 0 saturated heterocycles. The number of rotatable bonds is 7. The van der Waals surface area contributed by atoms with Crippen molar-refractivity contribution in [2.75, 3.05) is 34.4 Å². The summed E-state index contributed by atoms with van der Waals surface area (Å²) in [5.41, 5.74) is 3.08. The number of hydrogen-bond acceptors (Lipinski definition) is 4. The van der Waals surface area contributed by atoms with Crippen LogP contribution in [0.15, 0.2) is 53.7 Å². The second kappa shape index (κ2) is 10.9. The molecule has 0 bridgehead atoms. The summed E-state index contributed by atoms with van der Waals surface area (Å²) in [5.74, 6) is 2.43. The molecule has 0 radical (unpaired) electrons. The van der Waals surface area contributed by atoms with Gasteiger partial charge in [-0.1, -0.05) is 6.07 Å². The SMILES string of the molecule is CN=C(NCc1cn2c(C)cccc2n1)N(C)CCOc1ccc(OC)cc1.I. The van der Waals surface area contributed by atoms with Gasteiger partial charge < -0.3 is 24.1 Å². The van der Waals surface area contributed by atoms with Crippen LogP contribution in [-0.4, -0.2) is 54.6 Å². The molecule has 2 heterocycles. The second-order valence-corrected chi connectivity index (χ2v) is 6.47. The Labute approximate surface area is 188 Å². The summed E-state index contributed by atoms with van der Waals surface area (Å²) in [7, 11) is 5.41. The average Bonchev–Trinajstić information content (AvgIpc) is 3.13. The standard InChI is InChI=1S/C21H27N5O2.HI/c1-16-6-5-7-20-24-17(15-26(16)20)14-23-21(22-2)25(3)12-13-28-19-10-8-18(27-4)9-11-19;/h5-11,15H,12-14H2,1-4H3,(H,22,23);1H. The molecule has 156 valence electrons. The first-order chi connectivity index (χ1) is 13.6. The normalized spacial score (nSPS) is 11.1. The topological polar surface area (TPSA) is 63.4 Å². The van der Waals surface area contributed by atoms with Gasteiger partial charge in [-0.25, -0.2) is 4.98 Å². The summed E-state index contributed by atoms with van der Waals surface area (Å²) in [5, 5.41) is 3.36. The molecule has 0 spiro atoms. The summed E-state index contributed by atoms with van der Waals surface area (Å²) in [6.07, 6.45) is 2.05. The molecule has 0 aliphatic heterocycles. The van der Waals surface area contributed by atoms with E-state index in [2.05, 4.69) is 38.9 Å². The van der Waals surface area contributed by atoms with E-state index in [0.717, 1.165) is 34.5 Å². The summed E-state index contributed by atoms with van der Waals surface area (Å²) in [6, 6.07) is 13.7. The lowest BCUT2D eigenvalue weighted by atomic mass is 10.3. The molecule has 29 heavy (non-hydrogen) atoms. The maximum atomic E-state index is 5.79. The van der Waals surface area contributed by atoms with E-state index in [1.54, 1.807) is 14.2 Å². The van der Waals surface area contributed by atoms with E-state index in [1.165, 1.54) is 0 Å². The fourth-order valence-electron chi connectivity index (χ4n) is 2.92. The number of ether oxygens (including phenoxy) is 2. The van der Waals surface area contributed by atoms with Gasteiger partial charge in [0.2, 0.25) is 0 Å². The monoisotopic (exact) mass is 509 g/mol. The minimum atomic E-state index is 0. The third-order valence-corrected chi connectivity index (χ3v) is 4.50. The van der Waals surface area contributed by atoms with Crippen LogP contribution in [0.25, 0.3) is 5.65 Å². The first kappa shape index (κ1) is 22.8. The van der Waals surface area contributed by atoms with Gasteiger partial charge in [0.1, 0.15) is 23.8 Å². The molecule has 8 heteroatoms. The van der Waals surface area contributed by atoms with Crippen LogP contribution >= 0.6 is 24.0 Å². The minimum Gasteiger partial charge on any atom is -0.497 e. The summed E-state index contributed by atoms with van der Waals surface area (Å²) in [6.45, 7) is 3.94. The zero-order valence-corrected chi connectivity index (χ0v) is 19.6. The number of aliphatic imine (C=N–C) groups is 1. The van der Waals surface area contributed by atoms with Gasteiger partial charge in [-0.05, 0) is 43.3 Å². The zero-order valence-electron chi connectivity index (χ0n) is 17.3. The minimum absolute atomic E-state index is 0. The number of fused-ring (bicyclic) bond motifs is 1. The highest BCUT2D eigenvalue weighted by atomic mass is 127. The van der Waals surface area contributed by atoms with E-state index in [4.69, 9.17) is 9.47 Å². The number of guanidine groups is 1. The van der Waals surface area contributed by atoms with Gasteiger partial charge >= 0.3 is 0 Å². The lowest BCUT2D eigenvalue weighted by Gasteiger charge is -2.21. The Kier molecular flexibility index (Phi) is 8.56. The van der Waals surface area contributed by atoms with Crippen LogP contribution in [-0.2, 0) is 6.54 Å². The lowest BCUT2D eigenvalue weighted by Crippen LogP contribution is -2.40. The Morgan fingerprint density at radius 3 is 2.55 bits per heavy atom. The smallest absolute Gasteiger partial charge is 0.193 e. The predicted octanol–water partition coefficient (Wildman–Crippen LogP) is 3.36. The molecule has 3 rings (SSSR count). The first-order valence-corrected chi connectivity index (χ1v) is 9.23. The highest BCUT2D eigenvalue weighted by molar-refractivity contribution is 14.0. The number of imidazole rings is 1. The molecule has 3 aromatic rings. The molecule has 0 aliphatic rings. The van der Waals surface area contributed by atoms with E-state index in [0.29, 0.717) is 19.7 Å². The molecule has 0 atom stereocenters. The van der Waals surface area contributed by atoms with Crippen molar-refractivity contribution in [3.05, 3.63) is 60.0 Å². The van der Waals surface area contributed by atoms with Crippen molar-refractivity contribution in [3.8, 4) is 11.5 Å². The van der Waals surface area contributed by atoms with Crippen molar-refractivity contribution < 1.29 is 9.47 Å². The van der Waals surface area contributed by atoms with Gasteiger partial charge in [0.05, 0.1) is 25.9 Å². The van der Waals surface area contributed by atoms with Crippen LogP contribution in [0.4, 0.5) is 0 Å². The van der Waals surface area contributed by atoms with Gasteiger partial charge in [0, 0.05) is 26.0 Å². The number of nitrogens with zero attached hydrogens (tertiary/aromatic N) is 4. The van der Waals surface area contributed by atoms with Crippen LogP contribution in [0.3, 0.4) is 0 Å². The molecule has 0 aliphatic carbocycles. The summed E-state index contributed by atoms with van der Waals surface area (Å²) >= 11 is 0. The van der Waals surface area contributed by atoms with Crippen LogP contribution in [0, 0.1) is 6.92 Å². The largest absolute Gasteiger partial charge is 0.497 e. The lowest BCUT2D eigenvalue weighted by molar-refractivity contribution is 0.281. The summed E-state index contributed by atoms with van der Waals surface area (Å²) < 4.78 is 13.0. The number of aryl methyl sites for hydroxylation is 1.